The molecular weight excluding hydrogens is 428 g/mol. The van der Waals surface area contributed by atoms with Crippen molar-refractivity contribution in [3.63, 3.8) is 0 Å². The summed E-state index contributed by atoms with van der Waals surface area (Å²) in [6.07, 6.45) is 0. The van der Waals surface area contributed by atoms with Crippen LogP contribution in [0.1, 0.15) is 25.0 Å². The normalized spacial score (nSPS) is 14.6. The predicted octanol–water partition coefficient (Wildman–Crippen LogP) is 3.97. The number of rotatable bonds is 8. The van der Waals surface area contributed by atoms with Gasteiger partial charge in [-0.25, -0.2) is 4.79 Å². The van der Waals surface area contributed by atoms with Crippen LogP contribution < -0.4 is 15.5 Å². The van der Waals surface area contributed by atoms with E-state index in [0.717, 1.165) is 23.7 Å². The Bertz CT molecular complexity index is 1120. The van der Waals surface area contributed by atoms with Crippen LogP contribution >= 0.6 is 0 Å². The summed E-state index contributed by atoms with van der Waals surface area (Å²) in [5.74, 6) is -0.932. The Kier molecular flexibility index (Phi) is 6.63. The lowest BCUT2D eigenvalue weighted by Gasteiger charge is -2.28. The zero-order chi connectivity index (χ0) is 24.1. The van der Waals surface area contributed by atoms with Gasteiger partial charge in [-0.3, -0.25) is 14.5 Å². The third-order valence-corrected chi connectivity index (χ3v) is 6.10. The van der Waals surface area contributed by atoms with Crippen molar-refractivity contribution in [3.05, 3.63) is 96.1 Å². The Balaban J connectivity index is 1.55. The van der Waals surface area contributed by atoms with Gasteiger partial charge < -0.3 is 15.5 Å². The Morgan fingerprint density at radius 2 is 1.38 bits per heavy atom. The monoisotopic (exact) mass is 456 g/mol. The van der Waals surface area contributed by atoms with Gasteiger partial charge >= 0.3 is 6.03 Å². The molecule has 174 valence electrons. The molecule has 1 saturated heterocycles. The highest BCUT2D eigenvalue weighted by molar-refractivity contribution is 6.12. The largest absolute Gasteiger partial charge is 0.372 e. The van der Waals surface area contributed by atoms with Gasteiger partial charge in [-0.15, -0.1) is 0 Å². The van der Waals surface area contributed by atoms with Crippen molar-refractivity contribution in [2.24, 2.45) is 0 Å². The maximum atomic E-state index is 13.7. The minimum Gasteiger partial charge on any atom is -0.372 e. The van der Waals surface area contributed by atoms with Gasteiger partial charge in [-0.1, -0.05) is 60.7 Å². The van der Waals surface area contributed by atoms with Gasteiger partial charge in [0, 0.05) is 24.5 Å². The van der Waals surface area contributed by atoms with E-state index >= 15 is 0 Å². The molecule has 7 nitrogen and oxygen atoms in total. The quantitative estimate of drug-likeness (QED) is 0.503. The minimum atomic E-state index is -1.38. The standard InChI is InChI=1S/C27H28N4O3/c1-3-30(4-2)23-17-15-22(16-18-23)28-24(32)19-31-25(33)27(29-26(31)34,20-11-7-5-8-12-20)21-13-9-6-10-14-21/h5-18H,3-4,19H2,1-2H3,(H,28,32)(H,29,34). The van der Waals surface area contributed by atoms with Crippen molar-refractivity contribution in [2.45, 2.75) is 19.4 Å². The fourth-order valence-corrected chi connectivity index (χ4v) is 4.34. The zero-order valence-corrected chi connectivity index (χ0v) is 19.3. The van der Waals surface area contributed by atoms with E-state index in [1.54, 1.807) is 24.3 Å². The number of nitrogens with zero attached hydrogens (tertiary/aromatic N) is 2. The number of hydrogen-bond donors (Lipinski definition) is 2. The molecule has 3 aromatic carbocycles. The molecule has 3 aromatic rings. The molecule has 4 amide bonds. The number of carbonyl (C=O) groups is 3. The first-order valence-corrected chi connectivity index (χ1v) is 11.4. The number of nitrogens with one attached hydrogen (secondary N) is 2. The molecule has 34 heavy (non-hydrogen) atoms. The molecule has 0 aliphatic carbocycles. The lowest BCUT2D eigenvalue weighted by Crippen LogP contribution is -2.45. The number of anilines is 2. The molecule has 0 radical (unpaired) electrons. The molecule has 1 fully saturated rings. The smallest absolute Gasteiger partial charge is 0.326 e. The predicted molar refractivity (Wildman–Crippen MR) is 133 cm³/mol. The van der Waals surface area contributed by atoms with Gasteiger partial charge in [-0.2, -0.15) is 0 Å². The van der Waals surface area contributed by atoms with Gasteiger partial charge in [-0.05, 0) is 49.2 Å². The van der Waals surface area contributed by atoms with E-state index in [0.29, 0.717) is 16.8 Å². The second kappa shape index (κ2) is 9.79. The molecule has 0 spiro atoms. The third kappa shape index (κ3) is 4.24. The van der Waals surface area contributed by atoms with Crippen LogP contribution in [0.15, 0.2) is 84.9 Å². The fraction of sp³-hybridized carbons (Fsp3) is 0.222. The molecule has 0 saturated carbocycles. The van der Waals surface area contributed by atoms with Gasteiger partial charge in [0.1, 0.15) is 6.54 Å². The Hall–Kier alpha value is -4.13. The van der Waals surface area contributed by atoms with Gasteiger partial charge in [0.25, 0.3) is 5.91 Å². The molecule has 1 aliphatic heterocycles. The lowest BCUT2D eigenvalue weighted by molar-refractivity contribution is -0.133. The van der Waals surface area contributed by atoms with Crippen LogP contribution in [0.3, 0.4) is 0 Å². The summed E-state index contributed by atoms with van der Waals surface area (Å²) in [6, 6.07) is 25.0. The molecule has 0 atom stereocenters. The summed E-state index contributed by atoms with van der Waals surface area (Å²) in [4.78, 5) is 42.5. The Morgan fingerprint density at radius 1 is 0.853 bits per heavy atom. The highest BCUT2D eigenvalue weighted by atomic mass is 16.2. The molecule has 7 heteroatoms. The molecule has 2 N–H and O–H groups in total. The fourth-order valence-electron chi connectivity index (χ4n) is 4.34. The van der Waals surface area contributed by atoms with Gasteiger partial charge in [0.05, 0.1) is 0 Å². The highest BCUT2D eigenvalue weighted by Crippen LogP contribution is 2.35. The second-order valence-electron chi connectivity index (χ2n) is 8.07. The van der Waals surface area contributed by atoms with E-state index in [1.807, 2.05) is 60.7 Å². The van der Waals surface area contributed by atoms with Crippen LogP contribution in [0.5, 0.6) is 0 Å². The highest BCUT2D eigenvalue weighted by Gasteiger charge is 2.54. The van der Waals surface area contributed by atoms with Crippen LogP contribution in [-0.4, -0.2) is 42.4 Å². The third-order valence-electron chi connectivity index (χ3n) is 6.10. The summed E-state index contributed by atoms with van der Waals surface area (Å²) in [6.45, 7) is 5.56. The van der Waals surface area contributed by atoms with E-state index < -0.39 is 23.4 Å². The van der Waals surface area contributed by atoms with Crippen molar-refractivity contribution >= 4 is 29.2 Å². The Labute approximate surface area is 199 Å². The van der Waals surface area contributed by atoms with E-state index in [-0.39, 0.29) is 6.54 Å². The Morgan fingerprint density at radius 3 is 1.88 bits per heavy atom. The van der Waals surface area contributed by atoms with Crippen molar-refractivity contribution in [1.82, 2.24) is 10.2 Å². The van der Waals surface area contributed by atoms with Crippen LogP contribution in [0.2, 0.25) is 0 Å². The second-order valence-corrected chi connectivity index (χ2v) is 8.07. The van der Waals surface area contributed by atoms with Crippen LogP contribution in [0.25, 0.3) is 0 Å². The number of imide groups is 1. The van der Waals surface area contributed by atoms with Gasteiger partial charge in [0.15, 0.2) is 5.54 Å². The molecule has 0 unspecified atom stereocenters. The lowest BCUT2D eigenvalue weighted by atomic mass is 9.82. The molecule has 0 bridgehead atoms. The van der Waals surface area contributed by atoms with Crippen LogP contribution in [0, 0.1) is 0 Å². The molecule has 1 heterocycles. The van der Waals surface area contributed by atoms with Crippen LogP contribution in [0.4, 0.5) is 16.2 Å². The number of amides is 4. The van der Waals surface area contributed by atoms with Crippen LogP contribution in [-0.2, 0) is 15.1 Å². The first-order valence-electron chi connectivity index (χ1n) is 11.4. The first-order chi connectivity index (χ1) is 16.5. The zero-order valence-electron chi connectivity index (χ0n) is 19.3. The summed E-state index contributed by atoms with van der Waals surface area (Å²) < 4.78 is 0. The molecule has 4 rings (SSSR count). The van der Waals surface area contributed by atoms with E-state index in [9.17, 15) is 14.4 Å². The number of carbonyl (C=O) groups excluding carboxylic acids is 3. The maximum absolute atomic E-state index is 13.7. The topological polar surface area (TPSA) is 81.8 Å². The van der Waals surface area contributed by atoms with Gasteiger partial charge in [0.2, 0.25) is 5.91 Å². The van der Waals surface area contributed by atoms with Crippen molar-refractivity contribution in [1.29, 1.82) is 0 Å². The van der Waals surface area contributed by atoms with Crippen molar-refractivity contribution in [2.75, 3.05) is 29.9 Å². The SMILES string of the molecule is CCN(CC)c1ccc(NC(=O)CN2C(=O)NC(c3ccccc3)(c3ccccc3)C2=O)cc1. The number of hydrogen-bond acceptors (Lipinski definition) is 4. The maximum Gasteiger partial charge on any atom is 0.326 e. The molecule has 0 aromatic heterocycles. The average Bonchev–Trinajstić information content (AvgIpc) is 3.12. The summed E-state index contributed by atoms with van der Waals surface area (Å²) in [5, 5.41) is 5.64. The number of benzene rings is 3. The van der Waals surface area contributed by atoms with E-state index in [1.165, 1.54) is 0 Å². The van der Waals surface area contributed by atoms with E-state index in [4.69, 9.17) is 0 Å². The van der Waals surface area contributed by atoms with Crippen molar-refractivity contribution in [3.8, 4) is 0 Å². The average molecular weight is 457 g/mol. The summed E-state index contributed by atoms with van der Waals surface area (Å²) >= 11 is 0. The summed E-state index contributed by atoms with van der Waals surface area (Å²) in [5.41, 5.74) is 1.55. The molecular formula is C27H28N4O3. The first kappa shape index (κ1) is 23.0. The number of urea groups is 1. The minimum absolute atomic E-state index is 0.385. The van der Waals surface area contributed by atoms with E-state index in [2.05, 4.69) is 29.4 Å². The molecule has 1 aliphatic rings. The summed E-state index contributed by atoms with van der Waals surface area (Å²) in [7, 11) is 0. The van der Waals surface area contributed by atoms with Crippen molar-refractivity contribution < 1.29 is 14.4 Å².